The number of amides is 1. The zero-order chi connectivity index (χ0) is 15.7. The summed E-state index contributed by atoms with van der Waals surface area (Å²) in [4.78, 5) is 30.2. The van der Waals surface area contributed by atoms with Crippen molar-refractivity contribution < 1.29 is 14.7 Å². The standard InChI is InChI=1S/C16H22N2O3S/c1-11-9-22-13(17-11)5-2-6-14(19)18-8-12-4-3-7-16(12,10-18)15(20)21/h9,12H,2-8,10H2,1H3,(H,20,21)/t12-,16+/m0/s1. The number of carbonyl (C=O) groups excluding carboxylic acids is 1. The van der Waals surface area contributed by atoms with E-state index >= 15 is 0 Å². The van der Waals surface area contributed by atoms with Crippen LogP contribution in [0, 0.1) is 18.3 Å². The Labute approximate surface area is 134 Å². The molecule has 6 heteroatoms. The summed E-state index contributed by atoms with van der Waals surface area (Å²) in [6.07, 6.45) is 4.73. The van der Waals surface area contributed by atoms with E-state index in [0.717, 1.165) is 42.8 Å². The summed E-state index contributed by atoms with van der Waals surface area (Å²) in [7, 11) is 0. The van der Waals surface area contributed by atoms with Crippen LogP contribution < -0.4 is 0 Å². The number of carbonyl (C=O) groups is 2. The van der Waals surface area contributed by atoms with Gasteiger partial charge in [0.2, 0.25) is 5.91 Å². The van der Waals surface area contributed by atoms with E-state index in [4.69, 9.17) is 0 Å². The molecule has 1 aliphatic carbocycles. The predicted molar refractivity (Wildman–Crippen MR) is 83.8 cm³/mol. The van der Waals surface area contributed by atoms with Gasteiger partial charge in [-0.3, -0.25) is 9.59 Å². The minimum Gasteiger partial charge on any atom is -0.481 e. The van der Waals surface area contributed by atoms with Crippen LogP contribution in [0.25, 0.3) is 0 Å². The Kier molecular flexibility index (Phi) is 4.21. The Morgan fingerprint density at radius 1 is 1.55 bits per heavy atom. The van der Waals surface area contributed by atoms with Gasteiger partial charge in [-0.25, -0.2) is 4.98 Å². The van der Waals surface area contributed by atoms with Gasteiger partial charge in [0.25, 0.3) is 0 Å². The van der Waals surface area contributed by atoms with Crippen LogP contribution in [0.1, 0.15) is 42.8 Å². The molecule has 120 valence electrons. The van der Waals surface area contributed by atoms with Crippen molar-refractivity contribution >= 4 is 23.2 Å². The van der Waals surface area contributed by atoms with Crippen LogP contribution in [-0.2, 0) is 16.0 Å². The number of nitrogens with zero attached hydrogens (tertiary/aromatic N) is 2. The number of carboxylic acid groups (broad SMARTS) is 1. The van der Waals surface area contributed by atoms with Crippen LogP contribution in [0.5, 0.6) is 0 Å². The molecule has 1 aromatic rings. The van der Waals surface area contributed by atoms with Crippen molar-refractivity contribution in [3.63, 3.8) is 0 Å². The minimum atomic E-state index is -0.719. The highest BCUT2D eigenvalue weighted by Crippen LogP contribution is 2.49. The zero-order valence-corrected chi connectivity index (χ0v) is 13.7. The molecule has 1 saturated heterocycles. The van der Waals surface area contributed by atoms with Crippen molar-refractivity contribution in [2.45, 2.75) is 45.4 Å². The summed E-state index contributed by atoms with van der Waals surface area (Å²) in [5.41, 5.74) is 0.365. The van der Waals surface area contributed by atoms with Gasteiger partial charge in [-0.1, -0.05) is 6.42 Å². The van der Waals surface area contributed by atoms with Crippen LogP contribution in [-0.4, -0.2) is 40.0 Å². The molecule has 0 bridgehead atoms. The number of hydrogen-bond acceptors (Lipinski definition) is 4. The number of rotatable bonds is 5. The zero-order valence-electron chi connectivity index (χ0n) is 12.9. The molecule has 1 saturated carbocycles. The second-order valence-electron chi connectivity index (χ2n) is 6.56. The van der Waals surface area contributed by atoms with Crippen molar-refractivity contribution in [1.82, 2.24) is 9.88 Å². The maximum atomic E-state index is 12.4. The smallest absolute Gasteiger partial charge is 0.311 e. The van der Waals surface area contributed by atoms with Gasteiger partial charge in [0.1, 0.15) is 0 Å². The number of fused-ring (bicyclic) bond motifs is 1. The van der Waals surface area contributed by atoms with Crippen LogP contribution in [0.2, 0.25) is 0 Å². The summed E-state index contributed by atoms with van der Waals surface area (Å²) in [6, 6.07) is 0. The lowest BCUT2D eigenvalue weighted by Gasteiger charge is -2.23. The molecule has 2 atom stereocenters. The molecule has 0 spiro atoms. The monoisotopic (exact) mass is 322 g/mol. The Bertz CT molecular complexity index is 586. The Hall–Kier alpha value is -1.43. The predicted octanol–water partition coefficient (Wildman–Crippen LogP) is 2.49. The van der Waals surface area contributed by atoms with Crippen molar-refractivity contribution in [3.8, 4) is 0 Å². The number of thiazole rings is 1. The van der Waals surface area contributed by atoms with E-state index in [0.29, 0.717) is 19.5 Å². The largest absolute Gasteiger partial charge is 0.481 e. The molecule has 3 rings (SSSR count). The number of likely N-dealkylation sites (tertiary alicyclic amines) is 1. The Morgan fingerprint density at radius 2 is 2.36 bits per heavy atom. The summed E-state index contributed by atoms with van der Waals surface area (Å²) >= 11 is 1.64. The fourth-order valence-corrected chi connectivity index (χ4v) is 4.71. The molecule has 1 aromatic heterocycles. The third-order valence-electron chi connectivity index (χ3n) is 5.10. The number of carboxylic acids is 1. The maximum Gasteiger partial charge on any atom is 0.311 e. The van der Waals surface area contributed by atoms with Crippen LogP contribution in [0.4, 0.5) is 0 Å². The van der Waals surface area contributed by atoms with Crippen molar-refractivity contribution in [3.05, 3.63) is 16.1 Å². The molecule has 1 amide bonds. The molecule has 5 nitrogen and oxygen atoms in total. The first-order valence-corrected chi connectivity index (χ1v) is 8.81. The van der Waals surface area contributed by atoms with E-state index in [1.807, 2.05) is 12.3 Å². The van der Waals surface area contributed by atoms with Crippen molar-refractivity contribution in [2.75, 3.05) is 13.1 Å². The van der Waals surface area contributed by atoms with Gasteiger partial charge in [-0.05, 0) is 38.5 Å². The van der Waals surface area contributed by atoms with E-state index in [1.54, 1.807) is 16.2 Å². The quantitative estimate of drug-likeness (QED) is 0.904. The molecule has 0 aromatic carbocycles. The molecule has 1 aliphatic heterocycles. The van der Waals surface area contributed by atoms with Gasteiger partial charge in [0.05, 0.1) is 10.4 Å². The van der Waals surface area contributed by atoms with Crippen molar-refractivity contribution in [1.29, 1.82) is 0 Å². The number of aryl methyl sites for hydroxylation is 2. The van der Waals surface area contributed by atoms with E-state index in [1.165, 1.54) is 0 Å². The molecule has 1 N–H and O–H groups in total. The first kappa shape index (κ1) is 15.5. The van der Waals surface area contributed by atoms with Crippen LogP contribution in [0.15, 0.2) is 5.38 Å². The molecule has 0 unspecified atom stereocenters. The van der Waals surface area contributed by atoms with E-state index in [9.17, 15) is 14.7 Å². The number of hydrogen-bond donors (Lipinski definition) is 1. The van der Waals surface area contributed by atoms with Gasteiger partial charge in [-0.15, -0.1) is 11.3 Å². The molecule has 0 radical (unpaired) electrons. The maximum absolute atomic E-state index is 12.4. The average Bonchev–Trinajstić information content (AvgIpc) is 3.12. The number of aromatic nitrogens is 1. The highest BCUT2D eigenvalue weighted by Gasteiger charge is 2.55. The molecular weight excluding hydrogens is 300 g/mol. The van der Waals surface area contributed by atoms with Gasteiger partial charge in [0, 0.05) is 30.6 Å². The van der Waals surface area contributed by atoms with Gasteiger partial charge >= 0.3 is 5.97 Å². The Balaban J connectivity index is 1.52. The topological polar surface area (TPSA) is 70.5 Å². The minimum absolute atomic E-state index is 0.100. The van der Waals surface area contributed by atoms with E-state index in [-0.39, 0.29) is 11.8 Å². The second kappa shape index (κ2) is 5.99. The summed E-state index contributed by atoms with van der Waals surface area (Å²) in [5, 5.41) is 12.7. The van der Waals surface area contributed by atoms with Crippen LogP contribution in [0.3, 0.4) is 0 Å². The molecule has 2 heterocycles. The second-order valence-corrected chi connectivity index (χ2v) is 7.50. The molecule has 2 fully saturated rings. The van der Waals surface area contributed by atoms with Gasteiger partial charge in [-0.2, -0.15) is 0 Å². The van der Waals surface area contributed by atoms with E-state index in [2.05, 4.69) is 4.98 Å². The SMILES string of the molecule is Cc1csc(CCCC(=O)N2C[C@@H]3CCC[C@@]3(C(=O)O)C2)n1. The first-order valence-electron chi connectivity index (χ1n) is 7.93. The third kappa shape index (κ3) is 2.76. The summed E-state index contributed by atoms with van der Waals surface area (Å²) < 4.78 is 0. The molecule has 2 aliphatic rings. The normalized spacial score (nSPS) is 27.1. The van der Waals surface area contributed by atoms with Gasteiger partial charge in [0.15, 0.2) is 0 Å². The highest BCUT2D eigenvalue weighted by atomic mass is 32.1. The lowest BCUT2D eigenvalue weighted by Crippen LogP contribution is -2.37. The van der Waals surface area contributed by atoms with Crippen LogP contribution >= 0.6 is 11.3 Å². The van der Waals surface area contributed by atoms with Gasteiger partial charge < -0.3 is 10.0 Å². The lowest BCUT2D eigenvalue weighted by atomic mass is 9.81. The fourth-order valence-electron chi connectivity index (χ4n) is 3.90. The summed E-state index contributed by atoms with van der Waals surface area (Å²) in [5.74, 6) is -0.470. The third-order valence-corrected chi connectivity index (χ3v) is 6.12. The molecule has 22 heavy (non-hydrogen) atoms. The van der Waals surface area contributed by atoms with Crippen molar-refractivity contribution in [2.24, 2.45) is 11.3 Å². The fraction of sp³-hybridized carbons (Fsp3) is 0.688. The van der Waals surface area contributed by atoms with E-state index < -0.39 is 11.4 Å². The Morgan fingerprint density at radius 3 is 3.00 bits per heavy atom. The summed E-state index contributed by atoms with van der Waals surface area (Å²) in [6.45, 7) is 3.00. The first-order chi connectivity index (χ1) is 10.5. The highest BCUT2D eigenvalue weighted by molar-refractivity contribution is 7.09. The lowest BCUT2D eigenvalue weighted by molar-refractivity contribution is -0.149. The number of aliphatic carboxylic acids is 1. The average molecular weight is 322 g/mol. The molecular formula is C16H22N2O3S.